The van der Waals surface area contributed by atoms with E-state index in [1.54, 1.807) is 72.8 Å². The third kappa shape index (κ3) is 9.01. The lowest BCUT2D eigenvalue weighted by atomic mass is 10.1. The van der Waals surface area contributed by atoms with Crippen molar-refractivity contribution in [3.8, 4) is 12.1 Å². The molecule has 0 radical (unpaired) electrons. The summed E-state index contributed by atoms with van der Waals surface area (Å²) in [6.45, 7) is 14.1. The molecule has 0 heterocycles. The predicted molar refractivity (Wildman–Crippen MR) is 210 cm³/mol. The zero-order valence-corrected chi connectivity index (χ0v) is 28.4. The minimum Gasteiger partial charge on any atom is -0.477 e. The SMILES string of the molecule is [C-]#[N+]/C=C\c1ccc(N(c2ccc(/C=C/[N+]#[C-])cc2)c2ccc(N(c3ccc(/C=C(/C#N)C(=O)O)cc3)c3ccc(/C=C(\C#N)C(=O)O)cc3)cc2)cc1. The molecule has 0 aliphatic rings. The van der Waals surface area contributed by atoms with Gasteiger partial charge in [-0.25, -0.2) is 19.3 Å². The highest BCUT2D eigenvalue weighted by atomic mass is 16.4. The van der Waals surface area contributed by atoms with E-state index >= 15 is 0 Å². The Hall–Kier alpha value is -8.44. The molecule has 10 nitrogen and oxygen atoms in total. The van der Waals surface area contributed by atoms with Crippen LogP contribution in [-0.4, -0.2) is 22.2 Å². The quantitative estimate of drug-likeness (QED) is 0.0744. The number of anilines is 6. The van der Waals surface area contributed by atoms with Gasteiger partial charge in [-0.15, -0.1) is 0 Å². The minimum absolute atomic E-state index is 0.398. The molecule has 10 heteroatoms. The second-order valence-electron chi connectivity index (χ2n) is 11.4. The molecule has 0 aliphatic heterocycles. The van der Waals surface area contributed by atoms with Crippen LogP contribution < -0.4 is 9.80 Å². The molecular weight excluding hydrogens is 677 g/mol. The number of carboxylic acid groups (broad SMARTS) is 2. The van der Waals surface area contributed by atoms with E-state index in [4.69, 9.17) is 13.1 Å². The van der Waals surface area contributed by atoms with E-state index in [1.165, 1.54) is 24.6 Å². The molecule has 0 aromatic heterocycles. The van der Waals surface area contributed by atoms with Gasteiger partial charge in [0.15, 0.2) is 12.4 Å². The van der Waals surface area contributed by atoms with E-state index in [-0.39, 0.29) is 0 Å². The maximum absolute atomic E-state index is 11.4. The maximum Gasteiger partial charge on any atom is 0.346 e. The van der Waals surface area contributed by atoms with Crippen molar-refractivity contribution >= 4 is 70.4 Å². The van der Waals surface area contributed by atoms with Gasteiger partial charge in [0, 0.05) is 34.1 Å². The Morgan fingerprint density at radius 2 is 0.722 bits per heavy atom. The summed E-state index contributed by atoms with van der Waals surface area (Å²) in [6.07, 6.45) is 8.85. The van der Waals surface area contributed by atoms with Crippen molar-refractivity contribution < 1.29 is 19.8 Å². The third-order valence-electron chi connectivity index (χ3n) is 7.98. The number of hydrogen-bond acceptors (Lipinski definition) is 6. The highest BCUT2D eigenvalue weighted by Crippen LogP contribution is 2.39. The van der Waals surface area contributed by atoms with E-state index in [9.17, 15) is 30.3 Å². The summed E-state index contributed by atoms with van der Waals surface area (Å²) in [5, 5.41) is 37.1. The van der Waals surface area contributed by atoms with Crippen molar-refractivity contribution in [2.45, 2.75) is 0 Å². The average molecular weight is 705 g/mol. The van der Waals surface area contributed by atoms with Crippen molar-refractivity contribution in [1.82, 2.24) is 0 Å². The van der Waals surface area contributed by atoms with E-state index in [1.807, 2.05) is 77.7 Å². The van der Waals surface area contributed by atoms with Gasteiger partial charge in [-0.2, -0.15) is 10.5 Å². The number of carboxylic acids is 2. The van der Waals surface area contributed by atoms with Crippen molar-refractivity contribution in [3.63, 3.8) is 0 Å². The average Bonchev–Trinajstić information content (AvgIpc) is 3.20. The predicted octanol–water partition coefficient (Wildman–Crippen LogP) is 10.4. The topological polar surface area (TPSA) is 137 Å². The van der Waals surface area contributed by atoms with Crippen LogP contribution in [0, 0.1) is 35.8 Å². The second kappa shape index (κ2) is 17.5. The van der Waals surface area contributed by atoms with Crippen molar-refractivity contribution in [2.24, 2.45) is 0 Å². The van der Waals surface area contributed by atoms with Crippen molar-refractivity contribution in [2.75, 3.05) is 9.80 Å². The molecule has 258 valence electrons. The summed E-state index contributed by atoms with van der Waals surface area (Å²) < 4.78 is 0. The monoisotopic (exact) mass is 704 g/mol. The van der Waals surface area contributed by atoms with Gasteiger partial charge in [-0.1, -0.05) is 60.7 Å². The Bertz CT molecular complexity index is 2300. The fraction of sp³-hybridized carbons (Fsp3) is 0. The molecule has 5 rings (SSSR count). The van der Waals surface area contributed by atoms with Crippen LogP contribution >= 0.6 is 0 Å². The highest BCUT2D eigenvalue weighted by Gasteiger charge is 2.17. The number of hydrogen-bond donors (Lipinski definition) is 2. The van der Waals surface area contributed by atoms with Gasteiger partial charge in [0.25, 0.3) is 0 Å². The summed E-state index contributed by atoms with van der Waals surface area (Å²) >= 11 is 0. The first kappa shape index (κ1) is 36.8. The van der Waals surface area contributed by atoms with Crippen molar-refractivity contribution in [1.29, 1.82) is 10.5 Å². The minimum atomic E-state index is -1.32. The van der Waals surface area contributed by atoms with E-state index < -0.39 is 23.1 Å². The second-order valence-corrected chi connectivity index (χ2v) is 11.4. The first-order valence-electron chi connectivity index (χ1n) is 16.1. The lowest BCUT2D eigenvalue weighted by Crippen LogP contribution is -2.12. The normalized spacial score (nSPS) is 11.3. The van der Waals surface area contributed by atoms with Gasteiger partial charge in [-0.05, 0) is 107 Å². The summed E-state index contributed by atoms with van der Waals surface area (Å²) in [7, 11) is 0. The molecular formula is C44H28N6O4. The molecule has 0 unspecified atom stereocenters. The summed E-state index contributed by atoms with van der Waals surface area (Å²) in [4.78, 5) is 33.4. The van der Waals surface area contributed by atoms with E-state index in [0.29, 0.717) is 22.5 Å². The Morgan fingerprint density at radius 3 is 0.944 bits per heavy atom. The first-order chi connectivity index (χ1) is 26.2. The number of benzene rings is 5. The fourth-order valence-electron chi connectivity index (χ4n) is 5.42. The Kier molecular flexibility index (Phi) is 11.9. The lowest BCUT2D eigenvalue weighted by Gasteiger charge is -2.28. The van der Waals surface area contributed by atoms with Gasteiger partial charge >= 0.3 is 11.9 Å². The third-order valence-corrected chi connectivity index (χ3v) is 7.98. The van der Waals surface area contributed by atoms with Gasteiger partial charge < -0.3 is 20.0 Å². The molecule has 0 bridgehead atoms. The Balaban J connectivity index is 1.59. The molecule has 0 aliphatic carbocycles. The van der Waals surface area contributed by atoms with Crippen LogP contribution in [0.1, 0.15) is 22.3 Å². The molecule has 0 atom stereocenters. The molecule has 54 heavy (non-hydrogen) atoms. The van der Waals surface area contributed by atoms with Crippen LogP contribution in [0.5, 0.6) is 0 Å². The summed E-state index contributed by atoms with van der Waals surface area (Å²) in [5.41, 5.74) is 6.76. The van der Waals surface area contributed by atoms with Crippen molar-refractivity contribution in [3.05, 3.63) is 190 Å². The van der Waals surface area contributed by atoms with Crippen LogP contribution in [0.4, 0.5) is 34.1 Å². The molecule has 0 spiro atoms. The molecule has 0 saturated heterocycles. The summed E-state index contributed by atoms with van der Waals surface area (Å²) in [6, 6.07) is 40.8. The number of nitriles is 2. The van der Waals surface area contributed by atoms with Gasteiger partial charge in [0.2, 0.25) is 0 Å². The van der Waals surface area contributed by atoms with Crippen LogP contribution in [-0.2, 0) is 9.59 Å². The van der Waals surface area contributed by atoms with Crippen LogP contribution in [0.2, 0.25) is 0 Å². The molecule has 0 saturated carbocycles. The van der Waals surface area contributed by atoms with Gasteiger partial charge in [-0.3, -0.25) is 0 Å². The molecule has 5 aromatic rings. The highest BCUT2D eigenvalue weighted by molar-refractivity contribution is 5.97. The number of rotatable bonds is 12. The van der Waals surface area contributed by atoms with Crippen LogP contribution in [0.25, 0.3) is 34.0 Å². The molecule has 0 fully saturated rings. The molecule has 0 amide bonds. The van der Waals surface area contributed by atoms with Gasteiger partial charge in [0.1, 0.15) is 23.3 Å². The molecule has 5 aromatic carbocycles. The Morgan fingerprint density at radius 1 is 0.481 bits per heavy atom. The molecule has 2 N–H and O–H groups in total. The zero-order chi connectivity index (χ0) is 38.5. The van der Waals surface area contributed by atoms with E-state index in [0.717, 1.165) is 33.9 Å². The number of carbonyl (C=O) groups is 2. The maximum atomic E-state index is 11.4. The zero-order valence-electron chi connectivity index (χ0n) is 28.4. The fourth-order valence-corrected chi connectivity index (χ4v) is 5.42. The number of nitrogens with zero attached hydrogens (tertiary/aromatic N) is 6. The van der Waals surface area contributed by atoms with Crippen LogP contribution in [0.15, 0.2) is 145 Å². The smallest absolute Gasteiger partial charge is 0.346 e. The standard InChI is InChI=1S/C44H28N6O4/c1-47-25-23-31-3-11-37(12-4-31)49(38-13-5-32(6-14-38)24-26-48-2)41-19-21-42(22-20-41)50(39-15-7-33(8-16-39)27-35(29-45)43(51)52)40-17-9-34(10-18-40)28-36(30-46)44(53)54/h3-28H,(H,51,52)(H,53,54)/b25-23-,26-24+,35-27-,36-28+. The van der Waals surface area contributed by atoms with Crippen LogP contribution in [0.3, 0.4) is 0 Å². The Labute approximate surface area is 311 Å². The lowest BCUT2D eigenvalue weighted by molar-refractivity contribution is -0.133. The first-order valence-corrected chi connectivity index (χ1v) is 16.1. The largest absolute Gasteiger partial charge is 0.477 e. The van der Waals surface area contributed by atoms with E-state index in [2.05, 4.69) is 14.6 Å². The summed E-state index contributed by atoms with van der Waals surface area (Å²) in [5.74, 6) is -2.65. The number of aliphatic carboxylic acids is 2. The van der Waals surface area contributed by atoms with Gasteiger partial charge in [0.05, 0.1) is 13.1 Å².